The summed E-state index contributed by atoms with van der Waals surface area (Å²) < 4.78 is 4.88. The van der Waals surface area contributed by atoms with Crippen molar-refractivity contribution < 1.29 is 9.84 Å². The van der Waals surface area contributed by atoms with Crippen LogP contribution in [0.15, 0.2) is 0 Å². The van der Waals surface area contributed by atoms with Crippen molar-refractivity contribution >= 4 is 0 Å². The molecule has 0 radical (unpaired) electrons. The molecule has 0 aliphatic rings. The molecule has 0 saturated carbocycles. The first-order valence-electron chi connectivity index (χ1n) is 2.66. The normalized spacial score (nSPS) is 9.75. The molecule has 8 heavy (non-hydrogen) atoms. The number of likely N-dealkylation sites (N-methyl/N-ethyl adjacent to an activating group) is 1. The summed E-state index contributed by atoms with van der Waals surface area (Å²) in [6.07, 6.45) is 0. The quantitative estimate of drug-likeness (QED) is 0.516. The van der Waals surface area contributed by atoms with Crippen LogP contribution in [0.2, 0.25) is 0 Å². The van der Waals surface area contributed by atoms with E-state index in [1.807, 2.05) is 0 Å². The highest BCUT2D eigenvalue weighted by atomic mass is 16.5. The first kappa shape index (κ1) is 7.88. The van der Waals surface area contributed by atoms with E-state index in [9.17, 15) is 0 Å². The lowest BCUT2D eigenvalue weighted by atomic mass is 10.7. The molecule has 0 spiro atoms. The summed E-state index contributed by atoms with van der Waals surface area (Å²) in [5.74, 6) is 0. The lowest BCUT2D eigenvalue weighted by Crippen LogP contribution is -2.02. The maximum Gasteiger partial charge on any atom is 0.0696 e. The zero-order valence-corrected chi connectivity index (χ0v) is 5.13. The molecule has 3 nitrogen and oxygen atoms in total. The van der Waals surface area contributed by atoms with Gasteiger partial charge in [-0.05, 0) is 0 Å². The zero-order valence-electron chi connectivity index (χ0n) is 5.13. The molecular formula is C5H12NO2-. The third-order valence-corrected chi connectivity index (χ3v) is 0.695. The Morgan fingerprint density at radius 2 is 2.25 bits per heavy atom. The van der Waals surface area contributed by atoms with E-state index in [2.05, 4.69) is 5.32 Å². The molecule has 0 aromatic heterocycles. The molecule has 0 aromatic carbocycles. The van der Waals surface area contributed by atoms with Gasteiger partial charge in [0.1, 0.15) is 0 Å². The zero-order chi connectivity index (χ0) is 6.24. The minimum Gasteiger partial charge on any atom is -0.663 e. The molecule has 0 rings (SSSR count). The van der Waals surface area contributed by atoms with Crippen LogP contribution in [-0.4, -0.2) is 38.5 Å². The molecule has 0 amide bonds. The molecule has 0 aliphatic heterocycles. The second-order valence-corrected chi connectivity index (χ2v) is 1.38. The Labute approximate surface area is 49.7 Å². The van der Waals surface area contributed by atoms with E-state index in [1.165, 1.54) is 0 Å². The van der Waals surface area contributed by atoms with Crippen LogP contribution in [0, 0.1) is 0 Å². The smallest absolute Gasteiger partial charge is 0.0696 e. The van der Waals surface area contributed by atoms with Gasteiger partial charge in [0, 0.05) is 6.61 Å². The fraction of sp³-hybridized carbons (Fsp3) is 1.00. The Kier molecular flexibility index (Phi) is 6.78. The van der Waals surface area contributed by atoms with Gasteiger partial charge < -0.3 is 15.2 Å². The number of nitrogens with zero attached hydrogens (tertiary/aromatic N) is 1. The number of hydrogen-bond donors (Lipinski definition) is 1. The minimum atomic E-state index is 0.101. The summed E-state index contributed by atoms with van der Waals surface area (Å²) in [7, 11) is 1.74. The number of aliphatic hydroxyl groups excluding tert-OH is 1. The van der Waals surface area contributed by atoms with Crippen LogP contribution >= 0.6 is 0 Å². The van der Waals surface area contributed by atoms with Crippen molar-refractivity contribution in [3.05, 3.63) is 5.32 Å². The van der Waals surface area contributed by atoms with Crippen molar-refractivity contribution in [3.63, 3.8) is 0 Å². The largest absolute Gasteiger partial charge is 0.663 e. The van der Waals surface area contributed by atoms with Gasteiger partial charge in [0.25, 0.3) is 0 Å². The molecule has 0 aromatic rings. The van der Waals surface area contributed by atoms with Gasteiger partial charge in [-0.25, -0.2) is 0 Å². The van der Waals surface area contributed by atoms with Crippen molar-refractivity contribution in [2.75, 3.05) is 33.4 Å². The molecule has 0 saturated heterocycles. The van der Waals surface area contributed by atoms with Crippen LogP contribution < -0.4 is 0 Å². The standard InChI is InChI=1S/C5H12NO2/c1-6-2-4-8-5-3-7/h7H,2-5H2,1H3/q-1. The fourth-order valence-corrected chi connectivity index (χ4v) is 0.322. The van der Waals surface area contributed by atoms with Crippen LogP contribution in [0.1, 0.15) is 0 Å². The highest BCUT2D eigenvalue weighted by molar-refractivity contribution is 4.67. The lowest BCUT2D eigenvalue weighted by molar-refractivity contribution is 0.0999. The maximum atomic E-state index is 8.21. The lowest BCUT2D eigenvalue weighted by Gasteiger charge is -2.09. The van der Waals surface area contributed by atoms with E-state index in [0.717, 1.165) is 6.54 Å². The molecule has 0 atom stereocenters. The van der Waals surface area contributed by atoms with E-state index < -0.39 is 0 Å². The van der Waals surface area contributed by atoms with Gasteiger partial charge in [-0.15, -0.1) is 6.54 Å². The molecule has 0 bridgehead atoms. The summed E-state index contributed by atoms with van der Waals surface area (Å²) >= 11 is 0. The SMILES string of the molecule is C[N-]CCOCCO. The van der Waals surface area contributed by atoms with Crippen molar-refractivity contribution in [1.82, 2.24) is 0 Å². The van der Waals surface area contributed by atoms with Gasteiger partial charge in [0.15, 0.2) is 0 Å². The van der Waals surface area contributed by atoms with E-state index in [-0.39, 0.29) is 6.61 Å². The van der Waals surface area contributed by atoms with Gasteiger partial charge in [0.05, 0.1) is 13.2 Å². The monoisotopic (exact) mass is 118 g/mol. The van der Waals surface area contributed by atoms with Crippen molar-refractivity contribution in [1.29, 1.82) is 0 Å². The average Bonchev–Trinajstić information content (AvgIpc) is 1.81. The third kappa shape index (κ3) is 5.88. The van der Waals surface area contributed by atoms with Crippen LogP contribution in [0.5, 0.6) is 0 Å². The Bertz CT molecular complexity index is 35.4. The molecule has 0 fully saturated rings. The Morgan fingerprint density at radius 1 is 1.50 bits per heavy atom. The van der Waals surface area contributed by atoms with E-state index in [1.54, 1.807) is 7.05 Å². The van der Waals surface area contributed by atoms with E-state index >= 15 is 0 Å². The summed E-state index contributed by atoms with van der Waals surface area (Å²) in [6.45, 7) is 1.87. The fourth-order valence-electron chi connectivity index (χ4n) is 0.322. The van der Waals surface area contributed by atoms with Crippen molar-refractivity contribution in [2.24, 2.45) is 0 Å². The van der Waals surface area contributed by atoms with Gasteiger partial charge >= 0.3 is 0 Å². The van der Waals surface area contributed by atoms with Crippen LogP contribution in [0.4, 0.5) is 0 Å². The topological polar surface area (TPSA) is 43.6 Å². The predicted molar refractivity (Wildman–Crippen MR) is 32.1 cm³/mol. The van der Waals surface area contributed by atoms with Crippen molar-refractivity contribution in [2.45, 2.75) is 0 Å². The maximum absolute atomic E-state index is 8.21. The number of rotatable bonds is 5. The summed E-state index contributed by atoms with van der Waals surface area (Å²) in [5, 5.41) is 12.0. The second kappa shape index (κ2) is 6.88. The van der Waals surface area contributed by atoms with E-state index in [4.69, 9.17) is 9.84 Å². The molecule has 0 unspecified atom stereocenters. The summed E-state index contributed by atoms with van der Waals surface area (Å²) in [5.41, 5.74) is 0. The Morgan fingerprint density at radius 3 is 2.75 bits per heavy atom. The number of hydrogen-bond acceptors (Lipinski definition) is 2. The van der Waals surface area contributed by atoms with E-state index in [0.29, 0.717) is 13.2 Å². The Balaban J connectivity index is 2.53. The Hall–Kier alpha value is -0.120. The molecule has 0 heterocycles. The molecule has 0 aliphatic carbocycles. The van der Waals surface area contributed by atoms with Crippen LogP contribution in [0.25, 0.3) is 5.32 Å². The molecule has 50 valence electrons. The highest BCUT2D eigenvalue weighted by Crippen LogP contribution is 1.78. The van der Waals surface area contributed by atoms with Gasteiger partial charge in [-0.1, -0.05) is 0 Å². The predicted octanol–water partition coefficient (Wildman–Crippen LogP) is -0.00120. The minimum absolute atomic E-state index is 0.101. The first-order valence-corrected chi connectivity index (χ1v) is 2.66. The number of ether oxygens (including phenoxy) is 1. The highest BCUT2D eigenvalue weighted by Gasteiger charge is 1.76. The van der Waals surface area contributed by atoms with Crippen LogP contribution in [-0.2, 0) is 4.74 Å². The van der Waals surface area contributed by atoms with Crippen molar-refractivity contribution in [3.8, 4) is 0 Å². The molecular weight excluding hydrogens is 106 g/mol. The average molecular weight is 118 g/mol. The van der Waals surface area contributed by atoms with Crippen LogP contribution in [0.3, 0.4) is 0 Å². The summed E-state index contributed by atoms with van der Waals surface area (Å²) in [4.78, 5) is 0. The van der Waals surface area contributed by atoms with Gasteiger partial charge in [-0.2, -0.15) is 7.05 Å². The first-order chi connectivity index (χ1) is 3.91. The van der Waals surface area contributed by atoms with Gasteiger partial charge in [0.2, 0.25) is 0 Å². The number of aliphatic hydroxyl groups is 1. The molecule has 1 N–H and O–H groups in total. The summed E-state index contributed by atoms with van der Waals surface area (Å²) in [6, 6.07) is 0. The van der Waals surface area contributed by atoms with Gasteiger partial charge in [-0.3, -0.25) is 0 Å². The third-order valence-electron chi connectivity index (χ3n) is 0.695. The molecule has 3 heteroatoms. The second-order valence-electron chi connectivity index (χ2n) is 1.38.